The molecule has 1 aromatic carbocycles. The summed E-state index contributed by atoms with van der Waals surface area (Å²) < 4.78 is 27.5. The zero-order chi connectivity index (χ0) is 27.1. The van der Waals surface area contributed by atoms with Crippen molar-refractivity contribution >= 4 is 49.1 Å². The molecule has 0 bridgehead atoms. The Hall–Kier alpha value is -0.907. The Labute approximate surface area is 239 Å². The van der Waals surface area contributed by atoms with Crippen molar-refractivity contribution in [2.24, 2.45) is 5.73 Å². The molecule has 0 spiro atoms. The Morgan fingerprint density at radius 3 is 2.30 bits per heavy atom. The second kappa shape index (κ2) is 17.6. The molecule has 37 heavy (non-hydrogen) atoms. The topological polar surface area (TPSA) is 144 Å². The van der Waals surface area contributed by atoms with Crippen molar-refractivity contribution in [3.63, 3.8) is 0 Å². The van der Waals surface area contributed by atoms with Crippen LogP contribution in [0.5, 0.6) is 0 Å². The Kier molecular flexibility index (Phi) is 15.4. The summed E-state index contributed by atoms with van der Waals surface area (Å²) in [5, 5.41) is 9.06. The van der Waals surface area contributed by atoms with Gasteiger partial charge in [0.1, 0.15) is 10.0 Å². The van der Waals surface area contributed by atoms with E-state index in [0.717, 1.165) is 25.0 Å². The molecule has 2 aliphatic heterocycles. The fraction of sp³-hybridized carbons (Fsp3) is 0.417. The van der Waals surface area contributed by atoms with E-state index in [1.54, 1.807) is 12.1 Å². The van der Waals surface area contributed by atoms with Crippen LogP contribution in [-0.4, -0.2) is 56.5 Å². The summed E-state index contributed by atoms with van der Waals surface area (Å²) in [5.41, 5.74) is 5.82. The van der Waals surface area contributed by atoms with Crippen LogP contribution in [0.3, 0.4) is 0 Å². The van der Waals surface area contributed by atoms with E-state index < -0.39 is 10.0 Å². The van der Waals surface area contributed by atoms with Crippen molar-refractivity contribution in [3.05, 3.63) is 67.5 Å². The number of fused-ring (bicyclic) bond motifs is 1. The predicted octanol–water partition coefficient (Wildman–Crippen LogP) is 3.28. The van der Waals surface area contributed by atoms with Crippen molar-refractivity contribution in [3.8, 4) is 0 Å². The van der Waals surface area contributed by atoms with Gasteiger partial charge in [0.05, 0.1) is 12.1 Å². The quantitative estimate of drug-likeness (QED) is 0.173. The molecule has 0 aromatic heterocycles. The molecule has 3 amide bonds. The van der Waals surface area contributed by atoms with Crippen LogP contribution >= 0.6 is 21.5 Å². The zero-order valence-electron chi connectivity index (χ0n) is 20.2. The third kappa shape index (κ3) is 11.4. The SMILES string of the molecule is NCC[N-]S(=O)(=O)c1ccc(NC(=O)CCCC[C@@H]2SC[C@@H]3NC(=O)N[C@@H]32)cc1.[CH]1[CH][CH][CH][CH][CH]1.[Cl][Ru+]. The number of unbranched alkanes of at least 4 members (excludes halogenated alkanes) is 1. The first-order valence-electron chi connectivity index (χ1n) is 11.7. The third-order valence-electron chi connectivity index (χ3n) is 5.57. The van der Waals surface area contributed by atoms with Gasteiger partial charge in [0.25, 0.3) is 0 Å². The van der Waals surface area contributed by atoms with Gasteiger partial charge in [-0.3, -0.25) is 4.79 Å². The molecule has 13 heteroatoms. The molecule has 4 rings (SSSR count). The minimum atomic E-state index is -3.70. The van der Waals surface area contributed by atoms with Crippen molar-refractivity contribution < 1.29 is 35.3 Å². The Morgan fingerprint density at radius 2 is 1.70 bits per heavy atom. The standard InChI is InChI=1S/C18H26N5O4S2.C6H6.ClH.Ru/c19-9-10-20-29(26,27)13-7-5-12(6-8-13)21-16(24)4-2-1-3-15-17-14(11-28-15)22-18(25)23-17;1-2-4-6-5-3-1;;/h5-8,14-15,17H,1-4,9-11,19H2,(H,21,24)(H2,22,23,25);1-6H;1H;/q-1;;;+2/p-1/t14-,15-,17-;;;/m0.../s1. The van der Waals surface area contributed by atoms with E-state index >= 15 is 0 Å². The van der Waals surface area contributed by atoms with E-state index in [2.05, 4.69) is 30.4 Å². The average Bonchev–Trinajstić information content (AvgIpc) is 3.47. The maximum absolute atomic E-state index is 12.1. The summed E-state index contributed by atoms with van der Waals surface area (Å²) in [7, 11) is 0.865. The fourth-order valence-corrected chi connectivity index (χ4v) is 6.36. The summed E-state index contributed by atoms with van der Waals surface area (Å²) in [6.45, 7) is 0.212. The molecule has 5 N–H and O–H groups in total. The minimum absolute atomic E-state index is 0.0461. The summed E-state index contributed by atoms with van der Waals surface area (Å²) in [6, 6.07) is 6.26. The molecule has 3 atom stereocenters. The Morgan fingerprint density at radius 1 is 1.08 bits per heavy atom. The van der Waals surface area contributed by atoms with Gasteiger partial charge in [-0.1, -0.05) is 6.42 Å². The van der Waals surface area contributed by atoms with Crippen molar-refractivity contribution in [1.29, 1.82) is 0 Å². The van der Waals surface area contributed by atoms with Crippen LogP contribution in [-0.2, 0) is 32.1 Å². The molecule has 204 valence electrons. The van der Waals surface area contributed by atoms with E-state index in [4.69, 9.17) is 5.73 Å². The molecule has 2 saturated heterocycles. The maximum atomic E-state index is 12.1. The zero-order valence-corrected chi connectivity index (χ0v) is 24.3. The second-order valence-corrected chi connectivity index (χ2v) is 11.2. The monoisotopic (exact) mass is 655 g/mol. The van der Waals surface area contributed by atoms with Gasteiger partial charge in [-0.05, 0) is 82.2 Å². The Balaban J connectivity index is 0.000000519. The number of halogens is 1. The fourth-order valence-electron chi connectivity index (χ4n) is 3.84. The van der Waals surface area contributed by atoms with E-state index in [-0.39, 0.29) is 42.0 Å². The molecule has 3 aliphatic rings. The molecule has 1 aliphatic carbocycles. The molecular formula is C24H32ClN5O4RuS2. The summed E-state index contributed by atoms with van der Waals surface area (Å²) in [6.07, 6.45) is 15.0. The molecular weight excluding hydrogens is 623 g/mol. The molecule has 0 unspecified atom stereocenters. The number of nitrogens with zero attached hydrogens (tertiary/aromatic N) is 1. The number of carbonyl (C=O) groups is 2. The number of amides is 3. The van der Waals surface area contributed by atoms with E-state index in [1.807, 2.05) is 67.6 Å². The van der Waals surface area contributed by atoms with Gasteiger partial charge in [-0.15, -0.1) is 6.54 Å². The number of hydrogen-bond acceptors (Lipinski definition) is 6. The number of sulfonamides is 1. The number of carbonyl (C=O) groups excluding carboxylic acids is 2. The predicted molar refractivity (Wildman–Crippen MR) is 145 cm³/mol. The number of anilines is 1. The van der Waals surface area contributed by atoms with E-state index in [1.165, 1.54) is 12.1 Å². The van der Waals surface area contributed by atoms with Crippen molar-refractivity contribution in [2.75, 3.05) is 24.2 Å². The molecule has 1 saturated carbocycles. The van der Waals surface area contributed by atoms with Gasteiger partial charge in [0.2, 0.25) is 5.91 Å². The normalized spacial score (nSPS) is 22.4. The van der Waals surface area contributed by atoms with Crippen molar-refractivity contribution in [1.82, 2.24) is 10.6 Å². The number of benzene rings is 1. The summed E-state index contributed by atoms with van der Waals surface area (Å²) in [5.74, 6) is 0.820. The Bertz CT molecular complexity index is 924. The van der Waals surface area contributed by atoms with Crippen LogP contribution in [0, 0.1) is 38.5 Å². The van der Waals surface area contributed by atoms with Gasteiger partial charge >= 0.3 is 33.0 Å². The summed E-state index contributed by atoms with van der Waals surface area (Å²) in [4.78, 5) is 23.6. The molecule has 6 radical (unpaired) electrons. The summed E-state index contributed by atoms with van der Waals surface area (Å²) >= 11 is 3.69. The second-order valence-electron chi connectivity index (χ2n) is 8.21. The van der Waals surface area contributed by atoms with E-state index in [9.17, 15) is 18.0 Å². The molecule has 9 nitrogen and oxygen atoms in total. The van der Waals surface area contributed by atoms with Crippen LogP contribution in [0.2, 0.25) is 0 Å². The van der Waals surface area contributed by atoms with Crippen LogP contribution in [0.1, 0.15) is 25.7 Å². The van der Waals surface area contributed by atoms with Crippen molar-refractivity contribution in [2.45, 2.75) is 47.9 Å². The molecule has 2 heterocycles. The average molecular weight is 655 g/mol. The number of rotatable bonds is 10. The van der Waals surface area contributed by atoms with Crippen LogP contribution in [0.15, 0.2) is 29.2 Å². The van der Waals surface area contributed by atoms with Gasteiger partial charge in [0.15, 0.2) is 0 Å². The third-order valence-corrected chi connectivity index (χ3v) is 8.47. The first kappa shape index (κ1) is 32.3. The van der Waals surface area contributed by atoms with Gasteiger partial charge in [-0.2, -0.15) is 11.8 Å². The first-order chi connectivity index (χ1) is 17.9. The van der Waals surface area contributed by atoms with Crippen LogP contribution in [0.4, 0.5) is 10.5 Å². The number of thioether (sulfide) groups is 1. The number of nitrogens with one attached hydrogen (secondary N) is 3. The molecule has 1 aromatic rings. The number of hydrogen-bond donors (Lipinski definition) is 4. The van der Waals surface area contributed by atoms with Crippen LogP contribution < -0.4 is 21.7 Å². The van der Waals surface area contributed by atoms with Crippen LogP contribution in [0.25, 0.3) is 4.72 Å². The van der Waals surface area contributed by atoms with Gasteiger partial charge in [-0.25, -0.2) is 13.2 Å². The van der Waals surface area contributed by atoms with Gasteiger partial charge < -0.3 is 26.4 Å². The molecule has 3 fully saturated rings. The van der Waals surface area contributed by atoms with E-state index in [0.29, 0.717) is 17.4 Å². The number of urea groups is 1. The first-order valence-corrected chi connectivity index (χ1v) is 16.5. The number of nitrogens with two attached hydrogens (primary N) is 1. The van der Waals surface area contributed by atoms with Gasteiger partial charge in [0, 0.05) is 28.0 Å².